The van der Waals surface area contributed by atoms with E-state index in [1.807, 2.05) is 35.7 Å². The Bertz CT molecular complexity index is 1490. The standard InChI is InChI=1S/C28H27N5O5S/c1-4-30-28(36)33-24-23(27(35)38-6-3)22(25-32-21(16-39-25)17-10-8-7-9-11-17)20(15-31-24)18-12-19(14-29-13-18)26(34)37-5-2/h7-16H,4-6H2,1-3H3,(H2,30,31,33,36). The average Bonchev–Trinajstić information content (AvgIpc) is 3.44. The van der Waals surface area contributed by atoms with Gasteiger partial charge in [0.05, 0.1) is 24.5 Å². The van der Waals surface area contributed by atoms with Gasteiger partial charge in [-0.1, -0.05) is 30.3 Å². The van der Waals surface area contributed by atoms with Crippen molar-refractivity contribution in [1.82, 2.24) is 20.3 Å². The third-order valence-corrected chi connectivity index (χ3v) is 6.34. The first-order chi connectivity index (χ1) is 19.0. The summed E-state index contributed by atoms with van der Waals surface area (Å²) in [7, 11) is 0. The molecule has 39 heavy (non-hydrogen) atoms. The number of anilines is 1. The highest BCUT2D eigenvalue weighted by Gasteiger charge is 2.27. The molecule has 0 saturated carbocycles. The molecule has 0 radical (unpaired) electrons. The second-order valence-corrected chi connectivity index (χ2v) is 8.92. The highest BCUT2D eigenvalue weighted by Crippen LogP contribution is 2.40. The van der Waals surface area contributed by atoms with Crippen molar-refractivity contribution in [3.05, 3.63) is 71.5 Å². The molecular weight excluding hydrogens is 518 g/mol. The van der Waals surface area contributed by atoms with Crippen molar-refractivity contribution >= 4 is 35.1 Å². The van der Waals surface area contributed by atoms with E-state index in [4.69, 9.17) is 14.5 Å². The Balaban J connectivity index is 1.96. The van der Waals surface area contributed by atoms with Crippen LogP contribution in [0.2, 0.25) is 0 Å². The van der Waals surface area contributed by atoms with Crippen molar-refractivity contribution in [2.24, 2.45) is 0 Å². The zero-order chi connectivity index (χ0) is 27.8. The molecule has 3 aromatic heterocycles. The predicted octanol–water partition coefficient (Wildman–Crippen LogP) is 5.43. The number of amides is 2. The van der Waals surface area contributed by atoms with Crippen molar-refractivity contribution in [2.45, 2.75) is 20.8 Å². The molecule has 0 fully saturated rings. The fraction of sp³-hybridized carbons (Fsp3) is 0.214. The number of carbonyl (C=O) groups excluding carboxylic acids is 3. The first kappa shape index (κ1) is 27.4. The number of hydrogen-bond acceptors (Lipinski definition) is 9. The van der Waals surface area contributed by atoms with E-state index in [1.165, 1.54) is 23.7 Å². The first-order valence-electron chi connectivity index (χ1n) is 12.4. The summed E-state index contributed by atoms with van der Waals surface area (Å²) in [5.74, 6) is -1.19. The summed E-state index contributed by atoms with van der Waals surface area (Å²) in [5.41, 5.74) is 3.28. The molecule has 0 saturated heterocycles. The van der Waals surface area contributed by atoms with Crippen molar-refractivity contribution in [1.29, 1.82) is 0 Å². The van der Waals surface area contributed by atoms with E-state index in [0.717, 1.165) is 5.56 Å². The number of hydrogen-bond donors (Lipinski definition) is 2. The Kier molecular flexibility index (Phi) is 8.95. The molecule has 0 bridgehead atoms. The molecule has 11 heteroatoms. The van der Waals surface area contributed by atoms with Crippen LogP contribution in [0.1, 0.15) is 41.5 Å². The van der Waals surface area contributed by atoms with Crippen LogP contribution in [0.15, 0.2) is 60.4 Å². The number of nitrogens with zero attached hydrogens (tertiary/aromatic N) is 3. The molecule has 2 N–H and O–H groups in total. The van der Waals surface area contributed by atoms with Crippen LogP contribution in [0.25, 0.3) is 33.0 Å². The van der Waals surface area contributed by atoms with E-state index >= 15 is 0 Å². The lowest BCUT2D eigenvalue weighted by molar-refractivity contribution is 0.0517. The van der Waals surface area contributed by atoms with E-state index in [1.54, 1.807) is 33.0 Å². The number of rotatable bonds is 9. The van der Waals surface area contributed by atoms with Crippen LogP contribution in [0.5, 0.6) is 0 Å². The third-order valence-electron chi connectivity index (χ3n) is 5.48. The van der Waals surface area contributed by atoms with Crippen molar-refractivity contribution in [3.8, 4) is 33.0 Å². The summed E-state index contributed by atoms with van der Waals surface area (Å²) in [6, 6.07) is 10.7. The van der Waals surface area contributed by atoms with E-state index in [-0.39, 0.29) is 30.2 Å². The minimum absolute atomic E-state index is 0.0177. The van der Waals surface area contributed by atoms with Gasteiger partial charge in [0.15, 0.2) is 0 Å². The van der Waals surface area contributed by atoms with Gasteiger partial charge in [-0.15, -0.1) is 11.3 Å². The smallest absolute Gasteiger partial charge is 0.342 e. The normalized spacial score (nSPS) is 10.5. The van der Waals surface area contributed by atoms with Gasteiger partial charge >= 0.3 is 18.0 Å². The minimum atomic E-state index is -0.681. The van der Waals surface area contributed by atoms with Crippen LogP contribution in [0.3, 0.4) is 0 Å². The fourth-order valence-corrected chi connectivity index (χ4v) is 4.70. The number of thiazole rings is 1. The van der Waals surface area contributed by atoms with E-state index < -0.39 is 18.0 Å². The molecule has 10 nitrogen and oxygen atoms in total. The number of pyridine rings is 2. The molecule has 0 unspecified atom stereocenters. The molecule has 4 rings (SSSR count). The SMILES string of the molecule is CCNC(=O)Nc1ncc(-c2cncc(C(=O)OCC)c2)c(-c2nc(-c3ccccc3)cs2)c1C(=O)OCC. The highest BCUT2D eigenvalue weighted by atomic mass is 32.1. The molecule has 0 spiro atoms. The summed E-state index contributed by atoms with van der Waals surface area (Å²) in [4.78, 5) is 51.7. The van der Waals surface area contributed by atoms with Crippen LogP contribution in [0.4, 0.5) is 10.6 Å². The fourth-order valence-electron chi connectivity index (χ4n) is 3.80. The van der Waals surface area contributed by atoms with Crippen LogP contribution >= 0.6 is 11.3 Å². The van der Waals surface area contributed by atoms with Gasteiger partial charge < -0.3 is 14.8 Å². The molecule has 0 aliphatic rings. The molecule has 1 aromatic carbocycles. The van der Waals surface area contributed by atoms with Crippen LogP contribution in [0, 0.1) is 0 Å². The maximum atomic E-state index is 13.4. The van der Waals surface area contributed by atoms with Gasteiger partial charge in [-0.2, -0.15) is 0 Å². The molecule has 0 aliphatic carbocycles. The summed E-state index contributed by atoms with van der Waals surface area (Å²) >= 11 is 1.33. The zero-order valence-electron chi connectivity index (χ0n) is 21.7. The van der Waals surface area contributed by atoms with Gasteiger partial charge in [-0.25, -0.2) is 24.4 Å². The number of ether oxygens (including phenoxy) is 2. The van der Waals surface area contributed by atoms with E-state index in [0.29, 0.717) is 33.9 Å². The van der Waals surface area contributed by atoms with Gasteiger partial charge in [0.1, 0.15) is 16.4 Å². The van der Waals surface area contributed by atoms with Crippen LogP contribution in [-0.4, -0.2) is 52.7 Å². The number of esters is 2. The van der Waals surface area contributed by atoms with Crippen molar-refractivity contribution < 1.29 is 23.9 Å². The molecule has 3 heterocycles. The molecular formula is C28H27N5O5S. The summed E-state index contributed by atoms with van der Waals surface area (Å²) in [5, 5.41) is 7.67. The number of aromatic nitrogens is 3. The summed E-state index contributed by atoms with van der Waals surface area (Å²) in [6.07, 6.45) is 4.47. The van der Waals surface area contributed by atoms with Gasteiger partial charge in [0.2, 0.25) is 0 Å². The maximum absolute atomic E-state index is 13.4. The van der Waals surface area contributed by atoms with Crippen LogP contribution < -0.4 is 10.6 Å². The van der Waals surface area contributed by atoms with E-state index in [2.05, 4.69) is 20.6 Å². The Hall–Kier alpha value is -4.64. The van der Waals surface area contributed by atoms with Crippen molar-refractivity contribution in [2.75, 3.05) is 25.1 Å². The lowest BCUT2D eigenvalue weighted by Crippen LogP contribution is -2.29. The monoisotopic (exact) mass is 545 g/mol. The minimum Gasteiger partial charge on any atom is -0.462 e. The number of benzene rings is 1. The Morgan fingerprint density at radius 1 is 0.923 bits per heavy atom. The van der Waals surface area contributed by atoms with Crippen molar-refractivity contribution in [3.63, 3.8) is 0 Å². The summed E-state index contributed by atoms with van der Waals surface area (Å²) in [6.45, 7) is 5.88. The second-order valence-electron chi connectivity index (χ2n) is 8.06. The first-order valence-corrected chi connectivity index (χ1v) is 13.2. The van der Waals surface area contributed by atoms with Gasteiger partial charge in [0.25, 0.3) is 0 Å². The molecule has 0 atom stereocenters. The number of carbonyl (C=O) groups is 3. The Morgan fingerprint density at radius 2 is 1.67 bits per heavy atom. The quantitative estimate of drug-likeness (QED) is 0.266. The summed E-state index contributed by atoms with van der Waals surface area (Å²) < 4.78 is 10.5. The highest BCUT2D eigenvalue weighted by molar-refractivity contribution is 7.13. The van der Waals surface area contributed by atoms with E-state index in [9.17, 15) is 14.4 Å². The molecule has 200 valence electrons. The number of nitrogens with one attached hydrogen (secondary N) is 2. The third kappa shape index (κ3) is 6.27. The largest absolute Gasteiger partial charge is 0.462 e. The molecule has 4 aromatic rings. The zero-order valence-corrected chi connectivity index (χ0v) is 22.5. The maximum Gasteiger partial charge on any atom is 0.342 e. The van der Waals surface area contributed by atoms with Gasteiger partial charge in [-0.05, 0) is 26.8 Å². The predicted molar refractivity (Wildman–Crippen MR) is 149 cm³/mol. The Morgan fingerprint density at radius 3 is 2.38 bits per heavy atom. The second kappa shape index (κ2) is 12.7. The lowest BCUT2D eigenvalue weighted by atomic mass is 9.97. The molecule has 2 amide bonds. The average molecular weight is 546 g/mol. The lowest BCUT2D eigenvalue weighted by Gasteiger charge is -2.17. The van der Waals surface area contributed by atoms with Gasteiger partial charge in [0, 0.05) is 52.8 Å². The molecule has 0 aliphatic heterocycles. The van der Waals surface area contributed by atoms with Gasteiger partial charge in [-0.3, -0.25) is 10.3 Å². The Labute approximate surface area is 229 Å². The number of urea groups is 1. The topological polar surface area (TPSA) is 132 Å². The van der Waals surface area contributed by atoms with Crippen LogP contribution in [-0.2, 0) is 9.47 Å².